The molecular weight excluding hydrogens is 318 g/mol. The largest absolute Gasteiger partial charge is 0.326 e. The van der Waals surface area contributed by atoms with Crippen molar-refractivity contribution < 1.29 is 9.59 Å². The van der Waals surface area contributed by atoms with Crippen molar-refractivity contribution in [3.8, 4) is 0 Å². The molecule has 0 saturated carbocycles. The van der Waals surface area contributed by atoms with Gasteiger partial charge in [0.2, 0.25) is 17.8 Å². The number of hydrogen-bond acceptors (Lipinski definition) is 4. The summed E-state index contributed by atoms with van der Waals surface area (Å²) in [7, 11) is 1.75. The quantitative estimate of drug-likeness (QED) is 0.874. The standard InChI is InChI=1S/C18H23N5O2/c1-11(2)16-21-18(23(3)22-16)20-15(24)9-8-13-10-12-6-4-5-7-14(12)19-17(13)25/h4-7,11,13H,8-10H2,1-3H3,(H,19,25)(H,20,21,22,24). The maximum Gasteiger partial charge on any atom is 0.227 e. The van der Waals surface area contributed by atoms with Crippen molar-refractivity contribution in [2.45, 2.75) is 39.0 Å². The molecule has 1 unspecified atom stereocenters. The second-order valence-corrected chi connectivity index (χ2v) is 6.71. The molecule has 1 aromatic carbocycles. The van der Waals surface area contributed by atoms with E-state index in [4.69, 9.17) is 0 Å². The molecule has 132 valence electrons. The lowest BCUT2D eigenvalue weighted by atomic mass is 9.89. The zero-order valence-corrected chi connectivity index (χ0v) is 14.7. The number of rotatable bonds is 5. The lowest BCUT2D eigenvalue weighted by Gasteiger charge is -2.24. The van der Waals surface area contributed by atoms with Crippen LogP contribution in [0.1, 0.15) is 44.0 Å². The molecule has 3 rings (SSSR count). The van der Waals surface area contributed by atoms with E-state index in [0.717, 1.165) is 11.3 Å². The van der Waals surface area contributed by atoms with Crippen LogP contribution in [0.2, 0.25) is 0 Å². The van der Waals surface area contributed by atoms with Gasteiger partial charge >= 0.3 is 0 Å². The van der Waals surface area contributed by atoms with Crippen LogP contribution < -0.4 is 10.6 Å². The molecule has 1 aliphatic rings. The monoisotopic (exact) mass is 341 g/mol. The van der Waals surface area contributed by atoms with Crippen LogP contribution in [-0.4, -0.2) is 26.6 Å². The van der Waals surface area contributed by atoms with Gasteiger partial charge in [0.1, 0.15) is 0 Å². The summed E-state index contributed by atoms with van der Waals surface area (Å²) in [5.41, 5.74) is 1.98. The van der Waals surface area contributed by atoms with Crippen LogP contribution in [0, 0.1) is 5.92 Å². The van der Waals surface area contributed by atoms with Gasteiger partial charge in [-0.3, -0.25) is 14.9 Å². The van der Waals surface area contributed by atoms with Crippen molar-refractivity contribution in [3.63, 3.8) is 0 Å². The highest BCUT2D eigenvalue weighted by Crippen LogP contribution is 2.27. The van der Waals surface area contributed by atoms with E-state index in [0.29, 0.717) is 24.6 Å². The number of fused-ring (bicyclic) bond motifs is 1. The average Bonchev–Trinajstić information content (AvgIpc) is 2.94. The van der Waals surface area contributed by atoms with Gasteiger partial charge < -0.3 is 5.32 Å². The summed E-state index contributed by atoms with van der Waals surface area (Å²) < 4.78 is 1.57. The van der Waals surface area contributed by atoms with Gasteiger partial charge in [0.05, 0.1) is 0 Å². The van der Waals surface area contributed by atoms with Gasteiger partial charge in [-0.2, -0.15) is 10.1 Å². The number of aryl methyl sites for hydroxylation is 1. The smallest absolute Gasteiger partial charge is 0.227 e. The van der Waals surface area contributed by atoms with Crippen LogP contribution in [0.3, 0.4) is 0 Å². The molecule has 2 N–H and O–H groups in total. The fourth-order valence-electron chi connectivity index (χ4n) is 2.90. The first-order valence-corrected chi connectivity index (χ1v) is 8.53. The van der Waals surface area contributed by atoms with E-state index in [-0.39, 0.29) is 30.1 Å². The Hall–Kier alpha value is -2.70. The van der Waals surface area contributed by atoms with Crippen molar-refractivity contribution in [3.05, 3.63) is 35.7 Å². The molecule has 0 saturated heterocycles. The number of hydrogen-bond donors (Lipinski definition) is 2. The van der Waals surface area contributed by atoms with E-state index < -0.39 is 0 Å². The number of benzene rings is 1. The minimum Gasteiger partial charge on any atom is -0.326 e. The fourth-order valence-corrected chi connectivity index (χ4v) is 2.90. The topological polar surface area (TPSA) is 88.9 Å². The SMILES string of the molecule is CC(C)c1nc(NC(=O)CCC2Cc3ccccc3NC2=O)n(C)n1. The molecule has 0 radical (unpaired) electrons. The summed E-state index contributed by atoms with van der Waals surface area (Å²) >= 11 is 0. The number of para-hydroxylation sites is 1. The minimum atomic E-state index is -0.189. The van der Waals surface area contributed by atoms with Crippen LogP contribution in [-0.2, 0) is 23.1 Å². The number of amides is 2. The van der Waals surface area contributed by atoms with E-state index in [1.807, 2.05) is 38.1 Å². The third-order valence-electron chi connectivity index (χ3n) is 4.38. The van der Waals surface area contributed by atoms with Crippen LogP contribution in [0.15, 0.2) is 24.3 Å². The lowest BCUT2D eigenvalue weighted by Crippen LogP contribution is -2.30. The van der Waals surface area contributed by atoms with Crippen molar-refractivity contribution in [1.82, 2.24) is 14.8 Å². The Labute approximate surface area is 146 Å². The molecule has 2 amide bonds. The van der Waals surface area contributed by atoms with E-state index in [2.05, 4.69) is 20.7 Å². The fraction of sp³-hybridized carbons (Fsp3) is 0.444. The van der Waals surface area contributed by atoms with Crippen LogP contribution in [0.4, 0.5) is 11.6 Å². The average molecular weight is 341 g/mol. The molecule has 7 nitrogen and oxygen atoms in total. The molecule has 7 heteroatoms. The van der Waals surface area contributed by atoms with E-state index in [9.17, 15) is 9.59 Å². The molecule has 2 aromatic rings. The molecule has 1 aromatic heterocycles. The van der Waals surface area contributed by atoms with E-state index in [1.165, 1.54) is 0 Å². The molecule has 25 heavy (non-hydrogen) atoms. The van der Waals surface area contributed by atoms with Gasteiger partial charge in [-0.05, 0) is 24.5 Å². The van der Waals surface area contributed by atoms with Gasteiger partial charge in [0.25, 0.3) is 0 Å². The summed E-state index contributed by atoms with van der Waals surface area (Å²) in [5, 5.41) is 9.97. The van der Waals surface area contributed by atoms with Crippen LogP contribution >= 0.6 is 0 Å². The number of nitrogens with zero attached hydrogens (tertiary/aromatic N) is 3. The summed E-state index contributed by atoms with van der Waals surface area (Å²) in [6, 6.07) is 7.77. The number of carbonyl (C=O) groups is 2. The number of nitrogens with one attached hydrogen (secondary N) is 2. The first-order chi connectivity index (χ1) is 11.9. The minimum absolute atomic E-state index is 0.0211. The molecular formula is C18H23N5O2. The predicted octanol–water partition coefficient (Wildman–Crippen LogP) is 2.47. The maximum atomic E-state index is 12.2. The predicted molar refractivity (Wildman–Crippen MR) is 95.2 cm³/mol. The Bertz CT molecular complexity index is 797. The molecule has 1 atom stereocenters. The Morgan fingerprint density at radius 2 is 2.16 bits per heavy atom. The third-order valence-corrected chi connectivity index (χ3v) is 4.38. The molecule has 0 aliphatic carbocycles. The molecule has 0 fully saturated rings. The second-order valence-electron chi connectivity index (χ2n) is 6.71. The van der Waals surface area contributed by atoms with Crippen molar-refractivity contribution >= 4 is 23.5 Å². The zero-order chi connectivity index (χ0) is 18.0. The van der Waals surface area contributed by atoms with E-state index >= 15 is 0 Å². The number of anilines is 2. The lowest BCUT2D eigenvalue weighted by molar-refractivity contribution is -0.121. The van der Waals surface area contributed by atoms with Crippen LogP contribution in [0.25, 0.3) is 0 Å². The number of aromatic nitrogens is 3. The van der Waals surface area contributed by atoms with Gasteiger partial charge in [-0.15, -0.1) is 0 Å². The van der Waals surface area contributed by atoms with Crippen molar-refractivity contribution in [1.29, 1.82) is 0 Å². The van der Waals surface area contributed by atoms with Gasteiger partial charge in [0, 0.05) is 31.0 Å². The maximum absolute atomic E-state index is 12.2. The van der Waals surface area contributed by atoms with Crippen molar-refractivity contribution in [2.24, 2.45) is 13.0 Å². The van der Waals surface area contributed by atoms with Crippen LogP contribution in [0.5, 0.6) is 0 Å². The molecule has 0 spiro atoms. The summed E-state index contributed by atoms with van der Waals surface area (Å²) in [6.45, 7) is 4.00. The Kier molecular flexibility index (Phi) is 4.83. The molecule has 1 aliphatic heterocycles. The third kappa shape index (κ3) is 3.87. The highest BCUT2D eigenvalue weighted by Gasteiger charge is 2.26. The molecule has 0 bridgehead atoms. The Morgan fingerprint density at radius 3 is 2.88 bits per heavy atom. The van der Waals surface area contributed by atoms with E-state index in [1.54, 1.807) is 11.7 Å². The highest BCUT2D eigenvalue weighted by atomic mass is 16.2. The number of carbonyl (C=O) groups excluding carboxylic acids is 2. The Morgan fingerprint density at radius 1 is 1.40 bits per heavy atom. The first-order valence-electron chi connectivity index (χ1n) is 8.53. The molecule has 2 heterocycles. The van der Waals surface area contributed by atoms with Gasteiger partial charge in [0.15, 0.2) is 5.82 Å². The van der Waals surface area contributed by atoms with Gasteiger partial charge in [-0.1, -0.05) is 32.0 Å². The summed E-state index contributed by atoms with van der Waals surface area (Å²) in [4.78, 5) is 28.7. The summed E-state index contributed by atoms with van der Waals surface area (Å²) in [6.07, 6.45) is 1.43. The summed E-state index contributed by atoms with van der Waals surface area (Å²) in [5.74, 6) is 0.965. The second kappa shape index (κ2) is 7.04. The Balaban J connectivity index is 1.57. The van der Waals surface area contributed by atoms with Crippen molar-refractivity contribution in [2.75, 3.05) is 10.6 Å². The zero-order valence-electron chi connectivity index (χ0n) is 14.7. The first kappa shape index (κ1) is 17.1. The van der Waals surface area contributed by atoms with Gasteiger partial charge in [-0.25, -0.2) is 4.68 Å². The normalized spacial score (nSPS) is 16.5. The highest BCUT2D eigenvalue weighted by molar-refractivity contribution is 5.96.